The molecule has 2 N–H and O–H groups in total. The van der Waals surface area contributed by atoms with Crippen molar-refractivity contribution < 1.29 is 4.79 Å². The second-order valence-electron chi connectivity index (χ2n) is 6.41. The molecule has 2 aromatic heterocycles. The number of benzene rings is 1. The topological polar surface area (TPSA) is 88.0 Å². The van der Waals surface area contributed by atoms with Gasteiger partial charge in [-0.3, -0.25) is 9.89 Å². The Morgan fingerprint density at radius 2 is 2.08 bits per heavy atom. The van der Waals surface area contributed by atoms with Gasteiger partial charge in [0, 0.05) is 16.8 Å². The van der Waals surface area contributed by atoms with Gasteiger partial charge in [0.15, 0.2) is 5.69 Å². The summed E-state index contributed by atoms with van der Waals surface area (Å²) in [6.07, 6.45) is 4.54. The van der Waals surface area contributed by atoms with Crippen LogP contribution in [0, 0.1) is 13.8 Å². The van der Waals surface area contributed by atoms with Gasteiger partial charge in [-0.1, -0.05) is 18.2 Å². The fourth-order valence-electron chi connectivity index (χ4n) is 3.38. The molecular weight excluding hydrogens is 328 g/mol. The number of fused-ring (bicyclic) bond motifs is 1. The van der Waals surface area contributed by atoms with Gasteiger partial charge in [0.05, 0.1) is 23.3 Å². The van der Waals surface area contributed by atoms with Crippen molar-refractivity contribution in [2.24, 2.45) is 5.10 Å². The molecule has 1 aliphatic rings. The van der Waals surface area contributed by atoms with Crippen molar-refractivity contribution in [3.63, 3.8) is 0 Å². The number of nitrogens with zero attached hydrogens (tertiary/aromatic N) is 4. The van der Waals surface area contributed by atoms with Gasteiger partial charge in [-0.05, 0) is 45.2 Å². The van der Waals surface area contributed by atoms with Gasteiger partial charge in [-0.15, -0.1) is 0 Å². The lowest BCUT2D eigenvalue weighted by molar-refractivity contribution is 0.0949. The van der Waals surface area contributed by atoms with Gasteiger partial charge >= 0.3 is 0 Å². The first-order valence-electron chi connectivity index (χ1n) is 8.66. The lowest BCUT2D eigenvalue weighted by Gasteiger charge is -2.03. The van der Waals surface area contributed by atoms with Crippen LogP contribution in [0.5, 0.6) is 0 Å². The van der Waals surface area contributed by atoms with E-state index in [4.69, 9.17) is 0 Å². The molecule has 0 spiro atoms. The van der Waals surface area contributed by atoms with E-state index in [1.54, 1.807) is 6.21 Å². The maximum atomic E-state index is 12.3. The van der Waals surface area contributed by atoms with Crippen LogP contribution in [0.25, 0.3) is 5.69 Å². The number of hydrazone groups is 1. The Hall–Kier alpha value is -3.22. The summed E-state index contributed by atoms with van der Waals surface area (Å²) in [6, 6.07) is 9.92. The maximum absolute atomic E-state index is 12.3. The van der Waals surface area contributed by atoms with E-state index in [-0.39, 0.29) is 5.91 Å². The summed E-state index contributed by atoms with van der Waals surface area (Å²) in [5.41, 5.74) is 8.80. The van der Waals surface area contributed by atoms with E-state index in [1.165, 1.54) is 0 Å². The summed E-state index contributed by atoms with van der Waals surface area (Å²) >= 11 is 0. The molecule has 1 aromatic carbocycles. The van der Waals surface area contributed by atoms with Crippen LogP contribution in [0.4, 0.5) is 0 Å². The molecule has 3 aromatic rings. The molecule has 0 radical (unpaired) electrons. The van der Waals surface area contributed by atoms with E-state index in [0.29, 0.717) is 5.69 Å². The summed E-state index contributed by atoms with van der Waals surface area (Å²) < 4.78 is 1.87. The number of carbonyl (C=O) groups excluding carboxylic acids is 1. The molecule has 0 aliphatic heterocycles. The van der Waals surface area contributed by atoms with Crippen LogP contribution in [0.2, 0.25) is 0 Å². The highest BCUT2D eigenvalue weighted by Crippen LogP contribution is 2.22. The average molecular weight is 348 g/mol. The van der Waals surface area contributed by atoms with Crippen LogP contribution in [0.3, 0.4) is 0 Å². The number of carbonyl (C=O) groups is 1. The SMILES string of the molecule is Cc1nn(-c2ccccc2)c(C)c1C=NNC(=O)c1n[nH]c2c1CCC2. The summed E-state index contributed by atoms with van der Waals surface area (Å²) in [5.74, 6) is -0.286. The molecule has 0 fully saturated rings. The molecule has 7 nitrogen and oxygen atoms in total. The van der Waals surface area contributed by atoms with Crippen molar-refractivity contribution in [3.8, 4) is 5.69 Å². The molecule has 0 atom stereocenters. The van der Waals surface area contributed by atoms with Crippen LogP contribution in [0.15, 0.2) is 35.4 Å². The van der Waals surface area contributed by atoms with Gasteiger partial charge in [-0.25, -0.2) is 10.1 Å². The number of H-pyrrole nitrogens is 1. The predicted molar refractivity (Wildman–Crippen MR) is 98.7 cm³/mol. The lowest BCUT2D eigenvalue weighted by Crippen LogP contribution is -2.19. The summed E-state index contributed by atoms with van der Waals surface area (Å²) in [5, 5.41) is 15.7. The molecule has 7 heteroatoms. The zero-order valence-electron chi connectivity index (χ0n) is 14.8. The smallest absolute Gasteiger partial charge is 0.281 e. The van der Waals surface area contributed by atoms with Crippen LogP contribution in [-0.4, -0.2) is 32.1 Å². The maximum Gasteiger partial charge on any atom is 0.292 e. The Kier molecular flexibility index (Phi) is 4.12. The van der Waals surface area contributed by atoms with E-state index < -0.39 is 0 Å². The van der Waals surface area contributed by atoms with Crippen molar-refractivity contribution in [1.29, 1.82) is 0 Å². The molecule has 0 saturated heterocycles. The number of amides is 1. The summed E-state index contributed by atoms with van der Waals surface area (Å²) in [7, 11) is 0. The Labute approximate surface area is 151 Å². The number of para-hydroxylation sites is 1. The third kappa shape index (κ3) is 2.81. The second kappa shape index (κ2) is 6.59. The Morgan fingerprint density at radius 1 is 1.27 bits per heavy atom. The third-order valence-corrected chi connectivity index (χ3v) is 4.73. The van der Waals surface area contributed by atoms with Crippen molar-refractivity contribution in [2.75, 3.05) is 0 Å². The standard InChI is InChI=1S/C19H20N6O/c1-12-16(13(2)25(24-12)14-7-4-3-5-8-14)11-20-23-19(26)18-15-9-6-10-17(15)21-22-18/h3-5,7-8,11H,6,9-10H2,1-2H3,(H,21,22)(H,23,26). The van der Waals surface area contributed by atoms with Crippen LogP contribution in [-0.2, 0) is 12.8 Å². The first-order chi connectivity index (χ1) is 12.6. The lowest BCUT2D eigenvalue weighted by atomic mass is 10.2. The van der Waals surface area contributed by atoms with Crippen molar-refractivity contribution in [2.45, 2.75) is 33.1 Å². The number of aromatic nitrogens is 4. The second-order valence-corrected chi connectivity index (χ2v) is 6.41. The summed E-state index contributed by atoms with van der Waals surface area (Å²) in [6.45, 7) is 3.91. The normalized spacial score (nSPS) is 13.3. The molecule has 26 heavy (non-hydrogen) atoms. The van der Waals surface area contributed by atoms with E-state index in [9.17, 15) is 4.79 Å². The molecule has 0 bridgehead atoms. The zero-order chi connectivity index (χ0) is 18.1. The highest BCUT2D eigenvalue weighted by molar-refractivity contribution is 5.95. The van der Waals surface area contributed by atoms with Gasteiger partial charge in [0.2, 0.25) is 0 Å². The van der Waals surface area contributed by atoms with Gasteiger partial charge in [0.1, 0.15) is 0 Å². The van der Waals surface area contributed by atoms with E-state index in [2.05, 4.69) is 25.8 Å². The average Bonchev–Trinajstić information content (AvgIpc) is 3.32. The fraction of sp³-hybridized carbons (Fsp3) is 0.263. The highest BCUT2D eigenvalue weighted by atomic mass is 16.2. The molecule has 2 heterocycles. The minimum atomic E-state index is -0.286. The fourth-order valence-corrected chi connectivity index (χ4v) is 3.38. The first-order valence-corrected chi connectivity index (χ1v) is 8.66. The van der Waals surface area contributed by atoms with E-state index >= 15 is 0 Å². The van der Waals surface area contributed by atoms with Gasteiger partial charge < -0.3 is 0 Å². The molecule has 1 aliphatic carbocycles. The van der Waals surface area contributed by atoms with E-state index in [1.807, 2.05) is 48.9 Å². The quantitative estimate of drug-likeness (QED) is 0.561. The minimum Gasteiger partial charge on any atom is -0.281 e. The highest BCUT2D eigenvalue weighted by Gasteiger charge is 2.22. The third-order valence-electron chi connectivity index (χ3n) is 4.73. The molecule has 4 rings (SSSR count). The van der Waals surface area contributed by atoms with E-state index in [0.717, 1.165) is 53.2 Å². The Balaban J connectivity index is 1.52. The predicted octanol–water partition coefficient (Wildman–Crippen LogP) is 2.46. The molecule has 0 unspecified atom stereocenters. The monoisotopic (exact) mass is 348 g/mol. The number of hydrogen-bond acceptors (Lipinski definition) is 4. The number of aromatic amines is 1. The molecule has 1 amide bonds. The molecule has 0 saturated carbocycles. The largest absolute Gasteiger partial charge is 0.292 e. The van der Waals surface area contributed by atoms with Crippen LogP contribution in [0.1, 0.15) is 45.1 Å². The van der Waals surface area contributed by atoms with Gasteiger partial charge in [-0.2, -0.15) is 15.3 Å². The first kappa shape index (κ1) is 16.3. The molecule has 132 valence electrons. The molecular formula is C19H20N6O. The number of nitrogens with one attached hydrogen (secondary N) is 2. The Morgan fingerprint density at radius 3 is 2.88 bits per heavy atom. The summed E-state index contributed by atoms with van der Waals surface area (Å²) in [4.78, 5) is 12.3. The van der Waals surface area contributed by atoms with Crippen LogP contribution >= 0.6 is 0 Å². The number of hydrogen-bond donors (Lipinski definition) is 2. The zero-order valence-corrected chi connectivity index (χ0v) is 14.8. The Bertz CT molecular complexity index is 983. The number of rotatable bonds is 4. The van der Waals surface area contributed by atoms with Crippen molar-refractivity contribution in [3.05, 3.63) is 64.2 Å². The van der Waals surface area contributed by atoms with Crippen molar-refractivity contribution in [1.82, 2.24) is 25.4 Å². The van der Waals surface area contributed by atoms with Crippen molar-refractivity contribution >= 4 is 12.1 Å². The van der Waals surface area contributed by atoms with Crippen LogP contribution < -0.4 is 5.43 Å². The van der Waals surface area contributed by atoms with Gasteiger partial charge in [0.25, 0.3) is 5.91 Å². The number of aryl methyl sites for hydroxylation is 2. The minimum absolute atomic E-state index is 0.286.